The number of hydrogen-bond donors (Lipinski definition) is 3. The number of carboxylic acids is 1. The quantitative estimate of drug-likeness (QED) is 0.771. The maximum absolute atomic E-state index is 12.3. The molecule has 6 nitrogen and oxygen atoms in total. The average molecular weight is 352 g/mol. The number of rotatable bonds is 5. The Balaban J connectivity index is 1.56. The highest BCUT2D eigenvalue weighted by Crippen LogP contribution is 2.26. The molecule has 2 aromatic rings. The van der Waals surface area contributed by atoms with Crippen LogP contribution in [0.5, 0.6) is 0 Å². The number of amides is 2. The van der Waals surface area contributed by atoms with Crippen LogP contribution in [0, 0.1) is 5.92 Å². The third-order valence-electron chi connectivity index (χ3n) is 4.56. The van der Waals surface area contributed by atoms with Crippen LogP contribution in [0.1, 0.15) is 40.0 Å². The Bertz CT molecular complexity index is 802. The van der Waals surface area contributed by atoms with E-state index in [1.807, 2.05) is 6.07 Å². The van der Waals surface area contributed by atoms with Crippen LogP contribution in [-0.4, -0.2) is 28.9 Å². The number of aliphatic carboxylic acids is 1. The summed E-state index contributed by atoms with van der Waals surface area (Å²) in [6.07, 6.45) is 1.73. The summed E-state index contributed by atoms with van der Waals surface area (Å²) in [5.74, 6) is -1.63. The second kappa shape index (κ2) is 7.82. The molecular weight excluding hydrogens is 332 g/mol. The highest BCUT2D eigenvalue weighted by Gasteiger charge is 2.30. The summed E-state index contributed by atoms with van der Waals surface area (Å²) in [6.45, 7) is 0. The third-order valence-corrected chi connectivity index (χ3v) is 4.56. The fourth-order valence-electron chi connectivity index (χ4n) is 3.10. The molecule has 26 heavy (non-hydrogen) atoms. The molecule has 2 aromatic carbocycles. The molecule has 6 heteroatoms. The van der Waals surface area contributed by atoms with Crippen molar-refractivity contribution in [1.29, 1.82) is 0 Å². The lowest BCUT2D eigenvalue weighted by molar-refractivity contribution is -0.141. The number of carbonyl (C=O) groups is 3. The predicted molar refractivity (Wildman–Crippen MR) is 97.1 cm³/mol. The van der Waals surface area contributed by atoms with Gasteiger partial charge in [-0.3, -0.25) is 14.4 Å². The number of anilines is 1. The summed E-state index contributed by atoms with van der Waals surface area (Å²) < 4.78 is 0. The molecule has 2 atom stereocenters. The van der Waals surface area contributed by atoms with Crippen molar-refractivity contribution in [3.63, 3.8) is 0 Å². The Morgan fingerprint density at radius 1 is 0.846 bits per heavy atom. The van der Waals surface area contributed by atoms with Crippen molar-refractivity contribution in [2.75, 3.05) is 5.32 Å². The Hall–Kier alpha value is -3.15. The zero-order valence-electron chi connectivity index (χ0n) is 14.1. The van der Waals surface area contributed by atoms with Crippen LogP contribution in [0.2, 0.25) is 0 Å². The summed E-state index contributed by atoms with van der Waals surface area (Å²) in [5.41, 5.74) is 1.63. The van der Waals surface area contributed by atoms with Gasteiger partial charge in [-0.2, -0.15) is 0 Å². The van der Waals surface area contributed by atoms with Gasteiger partial charge in [0.15, 0.2) is 0 Å². The van der Waals surface area contributed by atoms with Gasteiger partial charge in [0.05, 0.1) is 5.92 Å². The molecule has 0 heterocycles. The molecule has 134 valence electrons. The smallest absolute Gasteiger partial charge is 0.306 e. The van der Waals surface area contributed by atoms with Crippen molar-refractivity contribution in [2.45, 2.75) is 25.3 Å². The van der Waals surface area contributed by atoms with Gasteiger partial charge in [-0.05, 0) is 55.7 Å². The van der Waals surface area contributed by atoms with Crippen LogP contribution in [0.4, 0.5) is 5.69 Å². The van der Waals surface area contributed by atoms with Crippen LogP contribution < -0.4 is 10.6 Å². The van der Waals surface area contributed by atoms with Crippen molar-refractivity contribution in [2.24, 2.45) is 5.92 Å². The predicted octanol–water partition coefficient (Wildman–Crippen LogP) is 2.92. The standard InChI is InChI=1S/C20H20N2O4/c23-18(13-4-2-1-3-5-13)21-16-9-6-14(7-10-16)19(24)22-17-11-8-15(12-17)20(25)26/h1-7,9-10,15,17H,8,11-12H2,(H,21,23)(H,22,24)(H,25,26)/t15-,17+/m0/s1. The summed E-state index contributed by atoms with van der Waals surface area (Å²) in [5, 5.41) is 14.7. The first-order valence-corrected chi connectivity index (χ1v) is 8.53. The summed E-state index contributed by atoms with van der Waals surface area (Å²) >= 11 is 0. The van der Waals surface area contributed by atoms with Gasteiger partial charge in [-0.25, -0.2) is 0 Å². The largest absolute Gasteiger partial charge is 0.481 e. The number of benzene rings is 2. The Morgan fingerprint density at radius 3 is 2.12 bits per heavy atom. The van der Waals surface area contributed by atoms with Gasteiger partial charge in [-0.15, -0.1) is 0 Å². The molecule has 0 unspecified atom stereocenters. The maximum Gasteiger partial charge on any atom is 0.306 e. The minimum atomic E-state index is -0.805. The van der Waals surface area contributed by atoms with E-state index >= 15 is 0 Å². The lowest BCUT2D eigenvalue weighted by Crippen LogP contribution is -2.33. The number of carboxylic acid groups (broad SMARTS) is 1. The van der Waals surface area contributed by atoms with Gasteiger partial charge in [0.1, 0.15) is 0 Å². The number of hydrogen-bond acceptors (Lipinski definition) is 3. The van der Waals surface area contributed by atoms with E-state index in [0.717, 1.165) is 0 Å². The Kier molecular flexibility index (Phi) is 5.31. The monoisotopic (exact) mass is 352 g/mol. The normalized spacial score (nSPS) is 18.9. The van der Waals surface area contributed by atoms with Gasteiger partial charge in [0, 0.05) is 22.9 Å². The molecule has 0 saturated heterocycles. The van der Waals surface area contributed by atoms with E-state index in [9.17, 15) is 14.4 Å². The lowest BCUT2D eigenvalue weighted by Gasteiger charge is -2.13. The van der Waals surface area contributed by atoms with Gasteiger partial charge in [-0.1, -0.05) is 18.2 Å². The first-order chi connectivity index (χ1) is 12.5. The molecule has 1 aliphatic rings. The molecule has 1 aliphatic carbocycles. The minimum Gasteiger partial charge on any atom is -0.481 e. The number of nitrogens with one attached hydrogen (secondary N) is 2. The first-order valence-electron chi connectivity index (χ1n) is 8.53. The Labute approximate surface area is 151 Å². The molecule has 0 aliphatic heterocycles. The highest BCUT2D eigenvalue weighted by molar-refractivity contribution is 6.04. The highest BCUT2D eigenvalue weighted by atomic mass is 16.4. The fourth-order valence-corrected chi connectivity index (χ4v) is 3.10. The third kappa shape index (κ3) is 4.27. The summed E-state index contributed by atoms with van der Waals surface area (Å²) in [4.78, 5) is 35.4. The maximum atomic E-state index is 12.3. The molecule has 0 radical (unpaired) electrons. The van der Waals surface area contributed by atoms with E-state index in [2.05, 4.69) is 10.6 Å². The van der Waals surface area contributed by atoms with E-state index in [4.69, 9.17) is 5.11 Å². The molecular formula is C20H20N2O4. The van der Waals surface area contributed by atoms with Crippen molar-refractivity contribution in [3.05, 3.63) is 65.7 Å². The number of carbonyl (C=O) groups excluding carboxylic acids is 2. The van der Waals surface area contributed by atoms with Crippen molar-refractivity contribution >= 4 is 23.5 Å². The fraction of sp³-hybridized carbons (Fsp3) is 0.250. The van der Waals surface area contributed by atoms with E-state index in [-0.39, 0.29) is 23.8 Å². The van der Waals surface area contributed by atoms with Crippen molar-refractivity contribution in [3.8, 4) is 0 Å². The summed E-state index contributed by atoms with van der Waals surface area (Å²) in [7, 11) is 0. The second-order valence-electron chi connectivity index (χ2n) is 6.42. The average Bonchev–Trinajstić information content (AvgIpc) is 3.12. The van der Waals surface area contributed by atoms with Gasteiger partial charge >= 0.3 is 5.97 Å². The molecule has 1 fully saturated rings. The van der Waals surface area contributed by atoms with E-state index in [1.54, 1.807) is 48.5 Å². The van der Waals surface area contributed by atoms with Gasteiger partial charge < -0.3 is 15.7 Å². The van der Waals surface area contributed by atoms with Gasteiger partial charge in [0.25, 0.3) is 11.8 Å². The molecule has 0 spiro atoms. The van der Waals surface area contributed by atoms with E-state index < -0.39 is 5.97 Å². The summed E-state index contributed by atoms with van der Waals surface area (Å²) in [6, 6.07) is 15.4. The van der Waals surface area contributed by atoms with Gasteiger partial charge in [0.2, 0.25) is 0 Å². The van der Waals surface area contributed by atoms with Crippen LogP contribution in [0.25, 0.3) is 0 Å². The van der Waals surface area contributed by atoms with E-state index in [0.29, 0.717) is 36.1 Å². The SMILES string of the molecule is O=C(Nc1ccc(C(=O)N[C@@H]2CC[C@H](C(=O)O)C2)cc1)c1ccccc1. The zero-order chi connectivity index (χ0) is 18.5. The van der Waals surface area contributed by atoms with Crippen LogP contribution in [0.15, 0.2) is 54.6 Å². The molecule has 0 aromatic heterocycles. The first kappa shape index (κ1) is 17.7. The van der Waals surface area contributed by atoms with Crippen LogP contribution >= 0.6 is 0 Å². The second-order valence-corrected chi connectivity index (χ2v) is 6.42. The zero-order valence-corrected chi connectivity index (χ0v) is 14.1. The van der Waals surface area contributed by atoms with Crippen LogP contribution in [0.3, 0.4) is 0 Å². The topological polar surface area (TPSA) is 95.5 Å². The molecule has 0 bridgehead atoms. The van der Waals surface area contributed by atoms with Crippen LogP contribution in [-0.2, 0) is 4.79 Å². The Morgan fingerprint density at radius 2 is 1.50 bits per heavy atom. The molecule has 1 saturated carbocycles. The minimum absolute atomic E-state index is 0.110. The van der Waals surface area contributed by atoms with Crippen molar-refractivity contribution < 1.29 is 19.5 Å². The van der Waals surface area contributed by atoms with E-state index in [1.165, 1.54) is 0 Å². The molecule has 3 N–H and O–H groups in total. The molecule has 2 amide bonds. The van der Waals surface area contributed by atoms with Crippen molar-refractivity contribution in [1.82, 2.24) is 5.32 Å². The lowest BCUT2D eigenvalue weighted by atomic mass is 10.1. The molecule has 3 rings (SSSR count).